The van der Waals surface area contributed by atoms with E-state index < -0.39 is 0 Å². The number of hydrogen-bond acceptors (Lipinski definition) is 3. The third-order valence-corrected chi connectivity index (χ3v) is 5.48. The Kier molecular flexibility index (Phi) is 3.81. The molecule has 100 valence electrons. The quantitative estimate of drug-likeness (QED) is 0.804. The molecule has 3 saturated heterocycles. The molecular formula is C14H29N3. The van der Waals surface area contributed by atoms with Crippen LogP contribution in [0.3, 0.4) is 0 Å². The molecule has 0 aromatic heterocycles. The highest BCUT2D eigenvalue weighted by atomic mass is 15.3. The fourth-order valence-electron chi connectivity index (χ4n) is 3.77. The van der Waals surface area contributed by atoms with Gasteiger partial charge in [-0.25, -0.2) is 0 Å². The van der Waals surface area contributed by atoms with Gasteiger partial charge in [-0.15, -0.1) is 0 Å². The summed E-state index contributed by atoms with van der Waals surface area (Å²) in [6, 6.07) is 0.610. The van der Waals surface area contributed by atoms with Gasteiger partial charge in [0.1, 0.15) is 0 Å². The van der Waals surface area contributed by atoms with Gasteiger partial charge in [-0.05, 0) is 51.7 Å². The second kappa shape index (κ2) is 4.87. The highest BCUT2D eigenvalue weighted by Gasteiger charge is 2.49. The molecule has 0 spiro atoms. The van der Waals surface area contributed by atoms with Crippen molar-refractivity contribution in [3.63, 3.8) is 0 Å². The Hall–Kier alpha value is -0.120. The minimum absolute atomic E-state index is 0.236. The second-order valence-corrected chi connectivity index (χ2v) is 6.45. The Balaban J connectivity index is 2.19. The first-order valence-electron chi connectivity index (χ1n) is 7.16. The number of nitrogens with two attached hydrogens (primary N) is 1. The van der Waals surface area contributed by atoms with Gasteiger partial charge in [-0.3, -0.25) is 4.90 Å². The van der Waals surface area contributed by atoms with Crippen molar-refractivity contribution in [2.45, 2.75) is 45.2 Å². The van der Waals surface area contributed by atoms with E-state index in [-0.39, 0.29) is 5.54 Å². The Morgan fingerprint density at radius 2 is 1.88 bits per heavy atom. The molecular weight excluding hydrogens is 210 g/mol. The fraction of sp³-hybridized carbons (Fsp3) is 1.00. The summed E-state index contributed by atoms with van der Waals surface area (Å²) in [5, 5.41) is 0. The molecule has 2 atom stereocenters. The number of fused-ring (bicyclic) bond motifs is 3. The second-order valence-electron chi connectivity index (χ2n) is 6.45. The van der Waals surface area contributed by atoms with E-state index in [1.54, 1.807) is 0 Å². The van der Waals surface area contributed by atoms with Crippen LogP contribution in [0.15, 0.2) is 0 Å². The maximum atomic E-state index is 6.20. The highest BCUT2D eigenvalue weighted by molar-refractivity contribution is 5.06. The van der Waals surface area contributed by atoms with Crippen LogP contribution in [-0.4, -0.2) is 54.6 Å². The van der Waals surface area contributed by atoms with Gasteiger partial charge in [-0.2, -0.15) is 0 Å². The van der Waals surface area contributed by atoms with Gasteiger partial charge in [0, 0.05) is 24.7 Å². The topological polar surface area (TPSA) is 32.5 Å². The summed E-state index contributed by atoms with van der Waals surface area (Å²) in [6.07, 6.45) is 2.68. The first kappa shape index (κ1) is 13.3. The maximum absolute atomic E-state index is 6.20. The molecule has 0 amide bonds. The van der Waals surface area contributed by atoms with Gasteiger partial charge in [0.15, 0.2) is 0 Å². The van der Waals surface area contributed by atoms with Crippen molar-refractivity contribution in [1.82, 2.24) is 9.80 Å². The lowest BCUT2D eigenvalue weighted by atomic mass is 9.71. The summed E-state index contributed by atoms with van der Waals surface area (Å²) in [5.74, 6) is 1.50. The van der Waals surface area contributed by atoms with E-state index in [2.05, 4.69) is 37.6 Å². The van der Waals surface area contributed by atoms with E-state index in [1.165, 1.54) is 32.5 Å². The molecule has 0 aliphatic carbocycles. The molecule has 0 aromatic rings. The lowest BCUT2D eigenvalue weighted by molar-refractivity contribution is -0.0768. The van der Waals surface area contributed by atoms with Crippen LogP contribution in [0.4, 0.5) is 0 Å². The molecule has 0 saturated carbocycles. The van der Waals surface area contributed by atoms with Crippen molar-refractivity contribution in [2.75, 3.05) is 33.2 Å². The van der Waals surface area contributed by atoms with Crippen LogP contribution >= 0.6 is 0 Å². The van der Waals surface area contributed by atoms with Crippen molar-refractivity contribution in [3.05, 3.63) is 0 Å². The van der Waals surface area contributed by atoms with E-state index in [4.69, 9.17) is 5.73 Å². The largest absolute Gasteiger partial charge is 0.329 e. The average Bonchev–Trinajstić information content (AvgIpc) is 2.37. The zero-order valence-corrected chi connectivity index (χ0v) is 11.9. The molecule has 3 heterocycles. The smallest absolute Gasteiger partial charge is 0.0487 e. The van der Waals surface area contributed by atoms with E-state index in [0.29, 0.717) is 12.0 Å². The normalized spacial score (nSPS) is 39.0. The lowest BCUT2D eigenvalue weighted by Crippen LogP contribution is -2.70. The fourth-order valence-corrected chi connectivity index (χ4v) is 3.77. The summed E-state index contributed by atoms with van der Waals surface area (Å²) in [5.41, 5.74) is 6.43. The third-order valence-electron chi connectivity index (χ3n) is 5.48. The summed E-state index contributed by atoms with van der Waals surface area (Å²) in [7, 11) is 2.29. The molecule has 3 aliphatic rings. The van der Waals surface area contributed by atoms with Crippen molar-refractivity contribution in [2.24, 2.45) is 17.6 Å². The number of piperidine rings is 3. The summed E-state index contributed by atoms with van der Waals surface area (Å²) in [4.78, 5) is 5.20. The van der Waals surface area contributed by atoms with Crippen LogP contribution in [0.2, 0.25) is 0 Å². The summed E-state index contributed by atoms with van der Waals surface area (Å²) < 4.78 is 0. The van der Waals surface area contributed by atoms with Crippen LogP contribution in [0, 0.1) is 11.8 Å². The zero-order valence-electron chi connectivity index (χ0n) is 11.9. The molecule has 0 radical (unpaired) electrons. The van der Waals surface area contributed by atoms with Gasteiger partial charge in [0.25, 0.3) is 0 Å². The standard InChI is InChI=1S/C14H29N3/c1-11(2)12(3)16(4)14(9-15)10-17-7-5-13(14)6-8-17/h11-13H,5-10,15H2,1-4H3. The van der Waals surface area contributed by atoms with Crippen molar-refractivity contribution < 1.29 is 0 Å². The third kappa shape index (κ3) is 2.13. The monoisotopic (exact) mass is 239 g/mol. The van der Waals surface area contributed by atoms with Gasteiger partial charge in [0.05, 0.1) is 0 Å². The Labute approximate surface area is 106 Å². The van der Waals surface area contributed by atoms with Gasteiger partial charge < -0.3 is 10.6 Å². The van der Waals surface area contributed by atoms with E-state index >= 15 is 0 Å². The molecule has 3 rings (SSSR count). The zero-order chi connectivity index (χ0) is 12.6. The van der Waals surface area contributed by atoms with Crippen molar-refractivity contribution >= 4 is 0 Å². The summed E-state index contributed by atoms with van der Waals surface area (Å²) >= 11 is 0. The highest BCUT2D eigenvalue weighted by Crippen LogP contribution is 2.40. The van der Waals surface area contributed by atoms with Crippen LogP contribution in [-0.2, 0) is 0 Å². The van der Waals surface area contributed by atoms with Crippen molar-refractivity contribution in [1.29, 1.82) is 0 Å². The molecule has 0 aromatic carbocycles. The van der Waals surface area contributed by atoms with Crippen LogP contribution in [0.5, 0.6) is 0 Å². The molecule has 2 N–H and O–H groups in total. The average molecular weight is 239 g/mol. The Morgan fingerprint density at radius 1 is 1.29 bits per heavy atom. The van der Waals surface area contributed by atoms with E-state index in [1.807, 2.05) is 0 Å². The molecule has 17 heavy (non-hydrogen) atoms. The molecule has 3 fully saturated rings. The predicted molar refractivity (Wildman–Crippen MR) is 73.0 cm³/mol. The van der Waals surface area contributed by atoms with Crippen LogP contribution < -0.4 is 5.73 Å². The molecule has 3 heteroatoms. The molecule has 3 nitrogen and oxygen atoms in total. The minimum atomic E-state index is 0.236. The number of hydrogen-bond donors (Lipinski definition) is 1. The van der Waals surface area contributed by atoms with Crippen LogP contribution in [0.25, 0.3) is 0 Å². The van der Waals surface area contributed by atoms with E-state index in [0.717, 1.165) is 12.5 Å². The van der Waals surface area contributed by atoms with E-state index in [9.17, 15) is 0 Å². The Morgan fingerprint density at radius 3 is 2.24 bits per heavy atom. The SMILES string of the molecule is CC(C)C(C)N(C)C1(CN)CN2CCC1CC2. The Bertz CT molecular complexity index is 258. The predicted octanol–water partition coefficient (Wildman–Crippen LogP) is 1.39. The summed E-state index contributed by atoms with van der Waals surface area (Å²) in [6.45, 7) is 11.5. The molecule has 2 unspecified atom stereocenters. The van der Waals surface area contributed by atoms with Gasteiger partial charge in [0.2, 0.25) is 0 Å². The molecule has 3 aliphatic heterocycles. The number of nitrogens with zero attached hydrogens (tertiary/aromatic N) is 2. The van der Waals surface area contributed by atoms with Crippen molar-refractivity contribution in [3.8, 4) is 0 Å². The molecule has 2 bridgehead atoms. The first-order chi connectivity index (χ1) is 8.01. The number of rotatable bonds is 4. The van der Waals surface area contributed by atoms with Crippen LogP contribution in [0.1, 0.15) is 33.6 Å². The maximum Gasteiger partial charge on any atom is 0.0487 e. The number of likely N-dealkylation sites (N-methyl/N-ethyl adjacent to an activating group) is 1. The first-order valence-corrected chi connectivity index (χ1v) is 7.16. The van der Waals surface area contributed by atoms with Gasteiger partial charge >= 0.3 is 0 Å². The lowest BCUT2D eigenvalue weighted by Gasteiger charge is -2.58. The van der Waals surface area contributed by atoms with Gasteiger partial charge in [-0.1, -0.05) is 13.8 Å². The minimum Gasteiger partial charge on any atom is -0.329 e.